The molecule has 278 valence electrons. The number of Topliss-reactive ketones (excluding diaryl/α,β-unsaturated/α-hetero) is 1. The molecule has 1 aliphatic rings. The summed E-state index contributed by atoms with van der Waals surface area (Å²) in [4.78, 5) is 99.3. The van der Waals surface area contributed by atoms with Crippen LogP contribution in [-0.2, 0) is 28.8 Å². The summed E-state index contributed by atoms with van der Waals surface area (Å²) < 4.78 is 0. The standard InChI is InChI=1S/C35H55N7O8/c1-8-21(5)27(41-30(45)24(17-20(3)4)39-31(46)26-19-36-15-16-37-26)32(47)40-25(18-22-13-11-10-12-14-22)29(44)38-23(9-2)28(43)33(48)42-35(6,7)34(49)50/h15-16,19-25,27H,8-14,17-18H2,1-7H3,(H,38,44)(H,39,46)(H,40,47)(H,41,45)(H,42,48)(H,49,50)/t21-,23-,24-,25-,27-/m0/s1. The molecule has 50 heavy (non-hydrogen) atoms. The molecular formula is C35H55N7O8. The third-order valence-corrected chi connectivity index (χ3v) is 9.07. The molecular weight excluding hydrogens is 646 g/mol. The maximum atomic E-state index is 13.9. The van der Waals surface area contributed by atoms with E-state index in [0.29, 0.717) is 6.42 Å². The van der Waals surface area contributed by atoms with Crippen LogP contribution in [0.2, 0.25) is 0 Å². The number of carboxylic acids is 1. The zero-order valence-electron chi connectivity index (χ0n) is 30.3. The second-order valence-corrected chi connectivity index (χ2v) is 14.1. The Labute approximate surface area is 294 Å². The van der Waals surface area contributed by atoms with E-state index in [-0.39, 0.29) is 42.7 Å². The van der Waals surface area contributed by atoms with Gasteiger partial charge >= 0.3 is 5.97 Å². The van der Waals surface area contributed by atoms with Crippen LogP contribution < -0.4 is 26.6 Å². The van der Waals surface area contributed by atoms with E-state index in [1.165, 1.54) is 32.4 Å². The number of carbonyl (C=O) groups is 7. The summed E-state index contributed by atoms with van der Waals surface area (Å²) >= 11 is 0. The van der Waals surface area contributed by atoms with Crippen LogP contribution in [0.25, 0.3) is 0 Å². The normalized spacial score (nSPS) is 16.6. The number of amides is 5. The molecule has 1 aromatic heterocycles. The average molecular weight is 702 g/mol. The molecule has 0 saturated heterocycles. The van der Waals surface area contributed by atoms with Crippen LogP contribution in [0, 0.1) is 17.8 Å². The fourth-order valence-corrected chi connectivity index (χ4v) is 5.74. The first kappa shape index (κ1) is 41.7. The lowest BCUT2D eigenvalue weighted by atomic mass is 9.84. The van der Waals surface area contributed by atoms with Crippen molar-refractivity contribution in [3.05, 3.63) is 24.3 Å². The predicted molar refractivity (Wildman–Crippen MR) is 184 cm³/mol. The van der Waals surface area contributed by atoms with Crippen molar-refractivity contribution in [2.24, 2.45) is 17.8 Å². The highest BCUT2D eigenvalue weighted by Gasteiger charge is 2.37. The van der Waals surface area contributed by atoms with Crippen molar-refractivity contribution >= 4 is 41.3 Å². The van der Waals surface area contributed by atoms with Crippen molar-refractivity contribution in [2.75, 3.05) is 0 Å². The van der Waals surface area contributed by atoms with Crippen LogP contribution in [0.1, 0.15) is 117 Å². The molecule has 0 spiro atoms. The number of aliphatic carboxylic acids is 1. The van der Waals surface area contributed by atoms with Gasteiger partial charge in [-0.25, -0.2) is 9.78 Å². The molecule has 1 fully saturated rings. The van der Waals surface area contributed by atoms with Crippen LogP contribution in [-0.4, -0.2) is 86.1 Å². The van der Waals surface area contributed by atoms with Crippen LogP contribution in [0.15, 0.2) is 18.6 Å². The van der Waals surface area contributed by atoms with Crippen LogP contribution in [0.4, 0.5) is 0 Å². The number of hydrogen-bond donors (Lipinski definition) is 6. The monoisotopic (exact) mass is 701 g/mol. The predicted octanol–water partition coefficient (Wildman–Crippen LogP) is 2.05. The fraction of sp³-hybridized carbons (Fsp3) is 0.686. The highest BCUT2D eigenvalue weighted by atomic mass is 16.4. The molecule has 1 heterocycles. The number of nitrogens with one attached hydrogen (secondary N) is 5. The number of nitrogens with zero attached hydrogens (tertiary/aromatic N) is 2. The van der Waals surface area contributed by atoms with Crippen LogP contribution in [0.5, 0.6) is 0 Å². The smallest absolute Gasteiger partial charge is 0.328 e. The molecule has 0 aliphatic heterocycles. The van der Waals surface area contributed by atoms with Crippen molar-refractivity contribution in [3.63, 3.8) is 0 Å². The van der Waals surface area contributed by atoms with Gasteiger partial charge < -0.3 is 31.7 Å². The summed E-state index contributed by atoms with van der Waals surface area (Å²) in [5, 5.41) is 22.5. The van der Waals surface area contributed by atoms with Crippen LogP contribution >= 0.6 is 0 Å². The van der Waals surface area contributed by atoms with Gasteiger partial charge in [0.1, 0.15) is 29.4 Å². The molecule has 0 radical (unpaired) electrons. The molecule has 1 saturated carbocycles. The first-order chi connectivity index (χ1) is 23.5. The molecule has 1 aliphatic carbocycles. The lowest BCUT2D eigenvalue weighted by molar-refractivity contribution is -0.148. The third-order valence-electron chi connectivity index (χ3n) is 9.07. The summed E-state index contributed by atoms with van der Waals surface area (Å²) in [6.07, 6.45) is 9.92. The van der Waals surface area contributed by atoms with Gasteiger partial charge in [-0.2, -0.15) is 0 Å². The lowest BCUT2D eigenvalue weighted by Crippen LogP contribution is -2.60. The maximum absolute atomic E-state index is 13.9. The van der Waals surface area contributed by atoms with Crippen molar-refractivity contribution in [3.8, 4) is 0 Å². The number of carbonyl (C=O) groups excluding carboxylic acids is 6. The Kier molecular flexibility index (Phi) is 16.4. The Morgan fingerprint density at radius 3 is 1.98 bits per heavy atom. The first-order valence-corrected chi connectivity index (χ1v) is 17.6. The number of rotatable bonds is 19. The van der Waals surface area contributed by atoms with Crippen molar-refractivity contribution in [1.29, 1.82) is 0 Å². The number of ketones is 1. The van der Waals surface area contributed by atoms with Crippen molar-refractivity contribution < 1.29 is 38.7 Å². The zero-order chi connectivity index (χ0) is 37.6. The zero-order valence-corrected chi connectivity index (χ0v) is 30.3. The number of aromatic nitrogens is 2. The van der Waals surface area contributed by atoms with Gasteiger partial charge in [-0.15, -0.1) is 0 Å². The quantitative estimate of drug-likeness (QED) is 0.115. The van der Waals surface area contributed by atoms with Gasteiger partial charge in [0, 0.05) is 12.4 Å². The van der Waals surface area contributed by atoms with Crippen LogP contribution in [0.3, 0.4) is 0 Å². The Bertz CT molecular complexity index is 1350. The average Bonchev–Trinajstić information content (AvgIpc) is 3.08. The lowest BCUT2D eigenvalue weighted by Gasteiger charge is -2.31. The summed E-state index contributed by atoms with van der Waals surface area (Å²) in [6.45, 7) is 11.5. The molecule has 1 aromatic rings. The van der Waals surface area contributed by atoms with Gasteiger partial charge in [-0.05, 0) is 50.9 Å². The maximum Gasteiger partial charge on any atom is 0.328 e. The molecule has 5 atom stereocenters. The second-order valence-electron chi connectivity index (χ2n) is 14.1. The van der Waals surface area contributed by atoms with E-state index < -0.39 is 71.0 Å². The Balaban J connectivity index is 2.29. The molecule has 0 aromatic carbocycles. The SMILES string of the molecule is CC[C@H](NC(=O)[C@H](CC1CCCCC1)NC(=O)[C@@H](NC(=O)[C@H](CC(C)C)NC(=O)c1cnccn1)[C@@H](C)CC)C(=O)C(=O)NC(C)(C)C(=O)O. The van der Waals surface area contributed by atoms with E-state index in [1.54, 1.807) is 13.8 Å². The van der Waals surface area contributed by atoms with Gasteiger partial charge in [-0.1, -0.05) is 73.1 Å². The highest BCUT2D eigenvalue weighted by molar-refractivity contribution is 6.39. The van der Waals surface area contributed by atoms with Crippen molar-refractivity contribution in [1.82, 2.24) is 36.6 Å². The van der Waals surface area contributed by atoms with E-state index >= 15 is 0 Å². The molecule has 5 amide bonds. The summed E-state index contributed by atoms with van der Waals surface area (Å²) in [7, 11) is 0. The van der Waals surface area contributed by atoms with Gasteiger partial charge in [0.15, 0.2) is 0 Å². The topological polar surface area (TPSA) is 226 Å². The Morgan fingerprint density at radius 2 is 1.44 bits per heavy atom. The minimum absolute atomic E-state index is 0.0128. The molecule has 0 unspecified atom stereocenters. The number of carboxylic acid groups (broad SMARTS) is 1. The van der Waals surface area contributed by atoms with E-state index in [2.05, 4.69) is 36.6 Å². The molecule has 0 bridgehead atoms. The minimum Gasteiger partial charge on any atom is -0.480 e. The van der Waals surface area contributed by atoms with Gasteiger partial charge in [0.25, 0.3) is 11.8 Å². The van der Waals surface area contributed by atoms with E-state index in [4.69, 9.17) is 0 Å². The van der Waals surface area contributed by atoms with E-state index in [1.807, 2.05) is 20.8 Å². The summed E-state index contributed by atoms with van der Waals surface area (Å²) in [6, 6.07) is -4.40. The Morgan fingerprint density at radius 1 is 0.820 bits per heavy atom. The fourth-order valence-electron chi connectivity index (χ4n) is 5.74. The summed E-state index contributed by atoms with van der Waals surface area (Å²) in [5.41, 5.74) is -1.68. The van der Waals surface area contributed by atoms with Gasteiger partial charge in [0.05, 0.1) is 12.2 Å². The van der Waals surface area contributed by atoms with Crippen molar-refractivity contribution in [2.45, 2.75) is 136 Å². The van der Waals surface area contributed by atoms with Gasteiger partial charge in [0.2, 0.25) is 23.5 Å². The van der Waals surface area contributed by atoms with Gasteiger partial charge in [-0.3, -0.25) is 33.8 Å². The Hall–Kier alpha value is -4.43. The second kappa shape index (κ2) is 19.7. The minimum atomic E-state index is -1.71. The highest BCUT2D eigenvalue weighted by Crippen LogP contribution is 2.27. The molecule has 6 N–H and O–H groups in total. The summed E-state index contributed by atoms with van der Waals surface area (Å²) in [5.74, 6) is -6.16. The van der Waals surface area contributed by atoms with E-state index in [0.717, 1.165) is 32.1 Å². The third kappa shape index (κ3) is 12.8. The first-order valence-electron chi connectivity index (χ1n) is 17.6. The number of hydrogen-bond acceptors (Lipinski definition) is 9. The largest absolute Gasteiger partial charge is 0.480 e. The molecule has 15 nitrogen and oxygen atoms in total. The van der Waals surface area contributed by atoms with E-state index in [9.17, 15) is 38.7 Å². The molecule has 2 rings (SSSR count). The molecule has 15 heteroatoms.